The van der Waals surface area contributed by atoms with Crippen molar-refractivity contribution in [2.75, 3.05) is 9.80 Å². The number of nitrogens with zero attached hydrogens (tertiary/aromatic N) is 2. The zero-order valence-electron chi connectivity index (χ0n) is 46.8. The van der Waals surface area contributed by atoms with Crippen LogP contribution in [0.15, 0.2) is 262 Å². The third-order valence-corrected chi connectivity index (χ3v) is 19.0. The summed E-state index contributed by atoms with van der Waals surface area (Å²) in [6, 6.07) is 89.1. The van der Waals surface area contributed by atoms with Crippen LogP contribution in [0.5, 0.6) is 23.0 Å². The Balaban J connectivity index is 0.920. The highest BCUT2D eigenvalue weighted by atomic mass is 32.2. The summed E-state index contributed by atoms with van der Waals surface area (Å²) in [6.45, 7) is 13.6. The molecule has 0 spiro atoms. The zero-order valence-corrected chi connectivity index (χ0v) is 48.4. The molecule has 11 aromatic carbocycles. The molecule has 0 bridgehead atoms. The SMILES string of the molecule is CC(C)(C)c1ccc2c(c1)Oc1cc(N(c3ccccc3)c3cccc(-c4ccccc4)c3)cc3c1B2c1cc2c(cc1S3)Sc1cc(N(c3ccccc3)c3cccc(-c4ccccc4)c3)cc3c1B2c1ccc(C(C)(C)C)cc1O3. The standard InChI is InChI=1S/C74H58B2N2O2S2/c1-73(2,3)51-33-35-59-63(39-51)79-65-41-57(77(53-27-15-9-16-28-53)55-31-19-25-49(37-55)47-21-11-7-12-22-47)43-69-71(65)75(59)61-45-62-68(46-67(61)81-69)82-70-44-58(42-66-72(70)76(62)60-36-34-52(74(4,5)6)40-64(60)80-66)78(54-29-17-10-18-30-54)56-32-20-26-50(38-56)48-23-13-8-14-24-48/h7-46H,1-6H3. The molecule has 0 N–H and O–H groups in total. The third kappa shape index (κ3) is 8.74. The predicted molar refractivity (Wildman–Crippen MR) is 348 cm³/mol. The molecule has 11 aromatic rings. The molecule has 0 aliphatic carbocycles. The van der Waals surface area contributed by atoms with Crippen molar-refractivity contribution in [3.05, 3.63) is 254 Å². The fourth-order valence-electron chi connectivity index (χ4n) is 12.6. The summed E-state index contributed by atoms with van der Waals surface area (Å²) in [7, 11) is 0. The number of rotatable bonds is 8. The molecule has 0 unspecified atom stereocenters. The number of hydrogen-bond acceptors (Lipinski definition) is 6. The van der Waals surface area contributed by atoms with E-state index < -0.39 is 0 Å². The molecule has 4 heterocycles. The topological polar surface area (TPSA) is 24.9 Å². The Morgan fingerprint density at radius 1 is 0.293 bits per heavy atom. The molecule has 0 fully saturated rings. The average Bonchev–Trinajstić information content (AvgIpc) is 1.52. The number of anilines is 6. The van der Waals surface area contributed by atoms with E-state index in [0.717, 1.165) is 68.2 Å². The molecule has 0 atom stereocenters. The van der Waals surface area contributed by atoms with Gasteiger partial charge >= 0.3 is 0 Å². The molecule has 0 radical (unpaired) electrons. The molecule has 4 nitrogen and oxygen atoms in total. The molecule has 82 heavy (non-hydrogen) atoms. The third-order valence-electron chi connectivity index (χ3n) is 16.7. The second kappa shape index (κ2) is 19.6. The van der Waals surface area contributed by atoms with Crippen molar-refractivity contribution in [2.45, 2.75) is 72.0 Å². The molecule has 4 aliphatic rings. The van der Waals surface area contributed by atoms with Gasteiger partial charge in [0.25, 0.3) is 13.4 Å². The van der Waals surface area contributed by atoms with E-state index in [1.54, 1.807) is 0 Å². The Kier molecular flexibility index (Phi) is 12.0. The quantitative estimate of drug-likeness (QED) is 0.141. The summed E-state index contributed by atoms with van der Waals surface area (Å²) in [4.78, 5) is 9.69. The summed E-state index contributed by atoms with van der Waals surface area (Å²) >= 11 is 3.75. The first-order valence-electron chi connectivity index (χ1n) is 28.4. The Bertz CT molecular complexity index is 4060. The van der Waals surface area contributed by atoms with E-state index in [1.165, 1.54) is 74.6 Å². The van der Waals surface area contributed by atoms with Gasteiger partial charge in [-0.05, 0) is 145 Å². The minimum Gasteiger partial charge on any atom is -0.458 e. The summed E-state index contributed by atoms with van der Waals surface area (Å²) in [5.74, 6) is 3.62. The fourth-order valence-corrected chi connectivity index (χ4v) is 15.1. The first-order valence-corrected chi connectivity index (χ1v) is 30.1. The van der Waals surface area contributed by atoms with Crippen molar-refractivity contribution in [3.8, 4) is 45.3 Å². The van der Waals surface area contributed by atoms with Crippen LogP contribution in [0.4, 0.5) is 34.1 Å². The van der Waals surface area contributed by atoms with E-state index in [0.29, 0.717) is 0 Å². The van der Waals surface area contributed by atoms with E-state index in [-0.39, 0.29) is 24.3 Å². The normalized spacial score (nSPS) is 13.3. The smallest absolute Gasteiger partial charge is 0.253 e. The van der Waals surface area contributed by atoms with Gasteiger partial charge in [0.05, 0.1) is 11.4 Å². The number of ether oxygens (including phenoxy) is 2. The highest BCUT2D eigenvalue weighted by Gasteiger charge is 2.45. The molecule has 0 amide bonds. The van der Waals surface area contributed by atoms with Crippen LogP contribution in [0.2, 0.25) is 0 Å². The van der Waals surface area contributed by atoms with Gasteiger partial charge in [0.15, 0.2) is 0 Å². The van der Waals surface area contributed by atoms with Crippen molar-refractivity contribution < 1.29 is 9.47 Å². The second-order valence-corrected chi connectivity index (χ2v) is 26.3. The predicted octanol–water partition coefficient (Wildman–Crippen LogP) is 16.7. The van der Waals surface area contributed by atoms with Crippen LogP contribution in [0.25, 0.3) is 22.3 Å². The van der Waals surface area contributed by atoms with E-state index in [4.69, 9.17) is 9.47 Å². The van der Waals surface area contributed by atoms with Gasteiger partial charge in [-0.2, -0.15) is 0 Å². The van der Waals surface area contributed by atoms with Crippen LogP contribution in [0.3, 0.4) is 0 Å². The minimum absolute atomic E-state index is 0.0631. The number of para-hydroxylation sites is 2. The average molecular weight is 1090 g/mol. The lowest BCUT2D eigenvalue weighted by atomic mass is 9.32. The molecular weight excluding hydrogens is 1030 g/mol. The maximum absolute atomic E-state index is 7.30. The van der Waals surface area contributed by atoms with Crippen molar-refractivity contribution in [3.63, 3.8) is 0 Å². The molecule has 0 saturated heterocycles. The molecule has 4 aliphatic heterocycles. The Labute approximate surface area is 491 Å². The van der Waals surface area contributed by atoms with Gasteiger partial charge < -0.3 is 19.3 Å². The van der Waals surface area contributed by atoms with Crippen molar-refractivity contribution in [1.29, 1.82) is 0 Å². The fraction of sp³-hybridized carbons (Fsp3) is 0.108. The number of hydrogen-bond donors (Lipinski definition) is 0. The second-order valence-electron chi connectivity index (χ2n) is 24.1. The van der Waals surface area contributed by atoms with Crippen LogP contribution >= 0.6 is 23.5 Å². The Hall–Kier alpha value is -8.55. The van der Waals surface area contributed by atoms with Gasteiger partial charge in [0.2, 0.25) is 0 Å². The number of benzene rings is 11. The summed E-state index contributed by atoms with van der Waals surface area (Å²) in [6.07, 6.45) is 0. The maximum Gasteiger partial charge on any atom is 0.253 e. The molecule has 0 saturated carbocycles. The van der Waals surface area contributed by atoms with Crippen LogP contribution in [-0.2, 0) is 10.8 Å². The van der Waals surface area contributed by atoms with Gasteiger partial charge in [-0.25, -0.2) is 0 Å². The van der Waals surface area contributed by atoms with Gasteiger partial charge in [0, 0.05) is 54.5 Å². The van der Waals surface area contributed by atoms with Crippen molar-refractivity contribution in [2.24, 2.45) is 0 Å². The maximum atomic E-state index is 7.30. The van der Waals surface area contributed by atoms with Crippen LogP contribution < -0.4 is 52.1 Å². The monoisotopic (exact) mass is 1090 g/mol. The van der Waals surface area contributed by atoms with Gasteiger partial charge in [-0.15, -0.1) is 0 Å². The van der Waals surface area contributed by atoms with Crippen LogP contribution in [0.1, 0.15) is 52.7 Å². The highest BCUT2D eigenvalue weighted by molar-refractivity contribution is 8.01. The molecule has 8 heteroatoms. The summed E-state index contributed by atoms with van der Waals surface area (Å²) < 4.78 is 14.6. The number of fused-ring (bicyclic) bond motifs is 8. The van der Waals surface area contributed by atoms with Crippen LogP contribution in [0, 0.1) is 0 Å². The molecule has 394 valence electrons. The van der Waals surface area contributed by atoms with E-state index in [9.17, 15) is 0 Å². The summed E-state index contributed by atoms with van der Waals surface area (Å²) in [5, 5.41) is 0. The Morgan fingerprint density at radius 3 is 1.07 bits per heavy atom. The highest BCUT2D eigenvalue weighted by Crippen LogP contribution is 2.48. The van der Waals surface area contributed by atoms with E-state index in [2.05, 4.69) is 294 Å². The minimum atomic E-state index is -0.0746. The van der Waals surface area contributed by atoms with Gasteiger partial charge in [-0.1, -0.05) is 228 Å². The molecular formula is C74H58B2N2O2S2. The van der Waals surface area contributed by atoms with Crippen LogP contribution in [-0.4, -0.2) is 13.4 Å². The van der Waals surface area contributed by atoms with Gasteiger partial charge in [-0.3, -0.25) is 0 Å². The lowest BCUT2D eigenvalue weighted by Gasteiger charge is -2.38. The largest absolute Gasteiger partial charge is 0.458 e. The molecule has 0 aromatic heterocycles. The Morgan fingerprint density at radius 2 is 0.671 bits per heavy atom. The molecule has 15 rings (SSSR count). The van der Waals surface area contributed by atoms with Gasteiger partial charge in [0.1, 0.15) is 23.0 Å². The zero-order chi connectivity index (χ0) is 55.4. The lowest BCUT2D eigenvalue weighted by molar-refractivity contribution is 0.482. The first kappa shape index (κ1) is 50.4. The van der Waals surface area contributed by atoms with E-state index in [1.807, 2.05) is 23.5 Å². The summed E-state index contributed by atoms with van der Waals surface area (Å²) in [5.41, 5.74) is 20.9. The first-order chi connectivity index (χ1) is 39.9. The lowest BCUT2D eigenvalue weighted by Crippen LogP contribution is -2.62. The van der Waals surface area contributed by atoms with Crippen molar-refractivity contribution in [1.82, 2.24) is 0 Å². The van der Waals surface area contributed by atoms with E-state index >= 15 is 0 Å². The van der Waals surface area contributed by atoms with Crippen molar-refractivity contribution >= 4 is 104 Å².